The van der Waals surface area contributed by atoms with E-state index in [0.29, 0.717) is 0 Å². The molecule has 0 unspecified atom stereocenters. The summed E-state index contributed by atoms with van der Waals surface area (Å²) in [6, 6.07) is 17.4. The summed E-state index contributed by atoms with van der Waals surface area (Å²) in [6.45, 7) is 34.3. The number of rotatable bonds is 12. The number of hydrogen-bond acceptors (Lipinski definition) is 12. The van der Waals surface area contributed by atoms with Gasteiger partial charge in [-0.05, 0) is 142 Å². The Hall–Kier alpha value is -3.84. The van der Waals surface area contributed by atoms with Crippen LogP contribution in [0.5, 0.6) is 0 Å². The van der Waals surface area contributed by atoms with Crippen LogP contribution in [0.15, 0.2) is 87.7 Å². The molecule has 1 aliphatic rings. The van der Waals surface area contributed by atoms with Crippen LogP contribution in [0, 0.1) is 0 Å². The lowest BCUT2D eigenvalue weighted by Gasteiger charge is -2.28. The van der Waals surface area contributed by atoms with Gasteiger partial charge in [0.25, 0.3) is 0 Å². The Balaban J connectivity index is 2.09. The van der Waals surface area contributed by atoms with Gasteiger partial charge in [0.1, 0.15) is 0 Å². The number of carbonyl (C=O) groups is 4. The van der Waals surface area contributed by atoms with Gasteiger partial charge >= 0.3 is 23.9 Å². The van der Waals surface area contributed by atoms with Crippen molar-refractivity contribution in [3.63, 3.8) is 0 Å². The maximum Gasteiger partial charge on any atom is 0.310 e. The zero-order valence-electron chi connectivity index (χ0n) is 43.2. The van der Waals surface area contributed by atoms with Crippen LogP contribution < -0.4 is 0 Å². The highest BCUT2D eigenvalue weighted by Gasteiger charge is 2.31. The Bertz CT molecular complexity index is 2090. The molecule has 0 saturated heterocycles. The van der Waals surface area contributed by atoms with Crippen molar-refractivity contribution in [3.8, 4) is 0 Å². The Morgan fingerprint density at radius 3 is 0.588 bits per heavy atom. The first-order valence-electron chi connectivity index (χ1n) is 23.7. The molecule has 0 aromatic heterocycles. The summed E-state index contributed by atoms with van der Waals surface area (Å²) in [5.74, 6) is -1.41. The van der Waals surface area contributed by atoms with Gasteiger partial charge in [-0.3, -0.25) is 19.2 Å². The number of esters is 4. The van der Waals surface area contributed by atoms with E-state index >= 15 is 0 Å². The summed E-state index contributed by atoms with van der Waals surface area (Å²) in [6.07, 6.45) is 0.00735. The molecule has 0 saturated carbocycles. The molecule has 0 N–H and O–H groups in total. The number of hydrogen-bond donors (Lipinski definition) is 0. The molecule has 68 heavy (non-hydrogen) atoms. The van der Waals surface area contributed by atoms with Gasteiger partial charge in [-0.25, -0.2) is 0 Å². The summed E-state index contributed by atoms with van der Waals surface area (Å²) in [5, 5.41) is 0. The van der Waals surface area contributed by atoms with Gasteiger partial charge in [-0.2, -0.15) is 0 Å². The van der Waals surface area contributed by atoms with Crippen LogP contribution in [0.3, 0.4) is 0 Å². The van der Waals surface area contributed by atoms with Gasteiger partial charge in [-0.1, -0.05) is 130 Å². The maximum absolute atomic E-state index is 13.8. The molecular weight excluding hydrogens is 929 g/mol. The molecule has 4 aromatic carbocycles. The van der Waals surface area contributed by atoms with Crippen molar-refractivity contribution in [1.82, 2.24) is 0 Å². The largest absolute Gasteiger partial charge is 0.466 e. The van der Waals surface area contributed by atoms with Gasteiger partial charge in [0.15, 0.2) is 0 Å². The van der Waals surface area contributed by atoms with E-state index in [-0.39, 0.29) is 97.6 Å². The third-order valence-electron chi connectivity index (χ3n) is 11.5. The van der Waals surface area contributed by atoms with Crippen molar-refractivity contribution in [3.05, 3.63) is 93.0 Å². The standard InChI is InChI=1S/C56H72O8S4/c1-17-61-49(57)29-37-41-21-33(53(5,6)7)22-42(37)66-44-24-35(55(11,12)13)26-46(39(44)31-51(59)63-19-3)68-48-28-36(56(14,15)16)27-47(40(48)32-52(60)64-20-4)67-45-25-34(54(8,9)10)23-43(65-41)38(45)30-50(58)62-18-2/h21-28H,17-20,29-32H2,1-16H3. The van der Waals surface area contributed by atoms with E-state index in [1.165, 1.54) is 0 Å². The Morgan fingerprint density at radius 1 is 0.324 bits per heavy atom. The normalized spacial score (nSPS) is 13.2. The molecule has 0 spiro atoms. The van der Waals surface area contributed by atoms with E-state index < -0.39 is 0 Å². The van der Waals surface area contributed by atoms with Crippen molar-refractivity contribution in [1.29, 1.82) is 0 Å². The second-order valence-corrected chi connectivity index (χ2v) is 25.5. The molecule has 1 heterocycles. The molecule has 0 radical (unpaired) electrons. The van der Waals surface area contributed by atoms with Gasteiger partial charge in [-0.15, -0.1) is 0 Å². The lowest BCUT2D eigenvalue weighted by Crippen LogP contribution is -2.17. The average Bonchev–Trinajstić information content (AvgIpc) is 3.20. The predicted octanol–water partition coefficient (Wildman–Crippen LogP) is 14.2. The minimum Gasteiger partial charge on any atom is -0.466 e. The summed E-state index contributed by atoms with van der Waals surface area (Å²) in [4.78, 5) is 62.2. The highest BCUT2D eigenvalue weighted by molar-refractivity contribution is 8.01. The lowest BCUT2D eigenvalue weighted by atomic mass is 9.86. The number of fused-ring (bicyclic) bond motifs is 8. The van der Waals surface area contributed by atoms with E-state index in [0.717, 1.165) is 83.7 Å². The third-order valence-corrected chi connectivity index (χ3v) is 16.2. The van der Waals surface area contributed by atoms with E-state index in [9.17, 15) is 19.2 Å². The molecule has 0 amide bonds. The second kappa shape index (κ2) is 22.5. The molecule has 0 atom stereocenters. The van der Waals surface area contributed by atoms with E-state index in [4.69, 9.17) is 18.9 Å². The van der Waals surface area contributed by atoms with Crippen molar-refractivity contribution >= 4 is 70.9 Å². The zero-order chi connectivity index (χ0) is 50.5. The lowest BCUT2D eigenvalue weighted by molar-refractivity contribution is -0.143. The number of benzene rings is 4. The van der Waals surface area contributed by atoms with Crippen molar-refractivity contribution < 1.29 is 38.1 Å². The Morgan fingerprint density at radius 2 is 0.471 bits per heavy atom. The van der Waals surface area contributed by atoms with Gasteiger partial charge in [0.05, 0.1) is 52.1 Å². The van der Waals surface area contributed by atoms with Crippen LogP contribution in [0.1, 0.15) is 155 Å². The maximum atomic E-state index is 13.8. The molecular formula is C56H72O8S4. The molecule has 1 aliphatic heterocycles. The predicted molar refractivity (Wildman–Crippen MR) is 278 cm³/mol. The molecule has 5 rings (SSSR count). The van der Waals surface area contributed by atoms with E-state index in [1.54, 1.807) is 47.0 Å². The fraction of sp³-hybridized carbons (Fsp3) is 0.500. The van der Waals surface area contributed by atoms with Crippen LogP contribution in [-0.4, -0.2) is 50.3 Å². The molecule has 8 nitrogen and oxygen atoms in total. The van der Waals surface area contributed by atoms with Crippen LogP contribution in [-0.2, 0) is 85.5 Å². The van der Waals surface area contributed by atoms with Crippen LogP contribution in [0.25, 0.3) is 0 Å². The van der Waals surface area contributed by atoms with Crippen LogP contribution in [0.2, 0.25) is 0 Å². The average molecular weight is 1000 g/mol. The summed E-state index contributed by atoms with van der Waals surface area (Å²) >= 11 is 6.19. The van der Waals surface area contributed by atoms with Gasteiger partial charge < -0.3 is 18.9 Å². The monoisotopic (exact) mass is 1000 g/mol. The highest BCUT2D eigenvalue weighted by Crippen LogP contribution is 2.51. The molecule has 4 aromatic rings. The quantitative estimate of drug-likeness (QED) is 0.0878. The Labute approximate surface area is 423 Å². The topological polar surface area (TPSA) is 105 Å². The smallest absolute Gasteiger partial charge is 0.310 e. The zero-order valence-corrected chi connectivity index (χ0v) is 46.4. The minimum atomic E-state index is -0.353. The Kier molecular flexibility index (Phi) is 18.2. The van der Waals surface area contributed by atoms with Crippen molar-refractivity contribution in [2.24, 2.45) is 0 Å². The molecule has 0 fully saturated rings. The van der Waals surface area contributed by atoms with Gasteiger partial charge in [0.2, 0.25) is 0 Å². The first-order chi connectivity index (χ1) is 31.7. The summed E-state index contributed by atoms with van der Waals surface area (Å²) < 4.78 is 22.7. The first-order valence-corrected chi connectivity index (χ1v) is 27.0. The molecule has 0 aliphatic carbocycles. The fourth-order valence-electron chi connectivity index (χ4n) is 7.54. The van der Waals surface area contributed by atoms with Crippen molar-refractivity contribution in [2.75, 3.05) is 26.4 Å². The van der Waals surface area contributed by atoms with Crippen LogP contribution >= 0.6 is 47.0 Å². The molecule has 8 bridgehead atoms. The molecule has 12 heteroatoms. The van der Waals surface area contributed by atoms with E-state index in [2.05, 4.69) is 132 Å². The van der Waals surface area contributed by atoms with Crippen LogP contribution in [0.4, 0.5) is 0 Å². The highest BCUT2D eigenvalue weighted by atomic mass is 32.2. The SMILES string of the molecule is CCOC(=O)Cc1c2cc(C(C)(C)C)cc1Sc1cc(C(C)(C)C)cc(c1CC(=O)OCC)Sc1cc(C(C)(C)C)cc(c1CC(=O)OCC)Sc1cc(C(C)(C)C)cc(c1CC(=O)OCC)S2. The van der Waals surface area contributed by atoms with Gasteiger partial charge in [0, 0.05) is 39.2 Å². The minimum absolute atomic E-state index is 0.00184. The number of ether oxygens (including phenoxy) is 4. The van der Waals surface area contributed by atoms with Crippen molar-refractivity contribution in [2.45, 2.75) is 197 Å². The second-order valence-electron chi connectivity index (χ2n) is 21.1. The number of carbonyl (C=O) groups excluding carboxylic acids is 4. The first kappa shape index (κ1) is 55.1. The van der Waals surface area contributed by atoms with E-state index in [1.807, 2.05) is 27.7 Å². The molecule has 368 valence electrons. The third kappa shape index (κ3) is 14.2. The summed E-state index contributed by atoms with van der Waals surface area (Å²) in [7, 11) is 0. The summed E-state index contributed by atoms with van der Waals surface area (Å²) in [5.41, 5.74) is 6.21. The fourth-order valence-corrected chi connectivity index (χ4v) is 12.7.